The highest BCUT2D eigenvalue weighted by atomic mass is 32.1. The number of pyridine rings is 1. The number of nitrogens with one attached hydrogen (secondary N) is 1. The molecule has 1 aliphatic rings. The summed E-state index contributed by atoms with van der Waals surface area (Å²) in [5.41, 5.74) is 2.84. The van der Waals surface area contributed by atoms with E-state index >= 15 is 0 Å². The number of hydrogen-bond donors (Lipinski definition) is 1. The molecule has 1 aromatic carbocycles. The molecule has 0 saturated carbocycles. The van der Waals surface area contributed by atoms with E-state index in [-0.39, 0.29) is 12.1 Å². The first-order valence-corrected chi connectivity index (χ1v) is 11.0. The van der Waals surface area contributed by atoms with Crippen molar-refractivity contribution in [2.75, 3.05) is 19.1 Å². The fourth-order valence-electron chi connectivity index (χ4n) is 4.31. The summed E-state index contributed by atoms with van der Waals surface area (Å²) in [7, 11) is 3.29. The standard InChI is InChI=1S/C25H24N4O3S/c1-30-17-10-11-20(22(15-17)31-2)29-24(23(27-25(29)33)19-8-3-4-12-26-19)21-9-5-13-28(21)16-18-7-6-14-32-18/h3-15,23-24H,16H2,1-2H3,(H,27,33)/t23-,24-/m1/s1. The van der Waals surface area contributed by atoms with Crippen LogP contribution in [0.2, 0.25) is 0 Å². The normalized spacial score (nSPS) is 17.8. The van der Waals surface area contributed by atoms with Gasteiger partial charge in [0.25, 0.3) is 0 Å². The van der Waals surface area contributed by atoms with E-state index in [1.165, 1.54) is 0 Å². The molecule has 1 aliphatic heterocycles. The summed E-state index contributed by atoms with van der Waals surface area (Å²) in [6, 6.07) is 19.4. The number of rotatable bonds is 7. The molecule has 5 rings (SSSR count). The second-order valence-electron chi connectivity index (χ2n) is 7.67. The van der Waals surface area contributed by atoms with E-state index in [9.17, 15) is 0 Å². The van der Waals surface area contributed by atoms with E-state index in [1.54, 1.807) is 26.7 Å². The summed E-state index contributed by atoms with van der Waals surface area (Å²) in [6.45, 7) is 0.612. The van der Waals surface area contributed by atoms with Gasteiger partial charge in [-0.1, -0.05) is 6.07 Å². The molecule has 0 aliphatic carbocycles. The first-order valence-electron chi connectivity index (χ1n) is 10.6. The zero-order valence-corrected chi connectivity index (χ0v) is 19.2. The van der Waals surface area contributed by atoms with E-state index in [1.807, 2.05) is 54.6 Å². The summed E-state index contributed by atoms with van der Waals surface area (Å²) in [5.74, 6) is 2.27. The molecule has 7 nitrogen and oxygen atoms in total. The van der Waals surface area contributed by atoms with E-state index < -0.39 is 0 Å². The number of methoxy groups -OCH3 is 2. The summed E-state index contributed by atoms with van der Waals surface area (Å²) in [6.07, 6.45) is 5.55. The van der Waals surface area contributed by atoms with Crippen molar-refractivity contribution in [1.29, 1.82) is 0 Å². The van der Waals surface area contributed by atoms with Gasteiger partial charge in [-0.25, -0.2) is 0 Å². The SMILES string of the molecule is COc1ccc(N2C(=S)N[C@H](c3ccccn3)[C@H]2c2cccn2Cc2ccco2)c(OC)c1. The molecule has 168 valence electrons. The van der Waals surface area contributed by atoms with Gasteiger partial charge < -0.3 is 28.7 Å². The Kier molecular flexibility index (Phi) is 5.75. The maximum absolute atomic E-state index is 5.85. The Labute approximate surface area is 197 Å². The minimum atomic E-state index is -0.167. The quantitative estimate of drug-likeness (QED) is 0.401. The molecule has 3 aromatic heterocycles. The Bertz CT molecular complexity index is 1240. The predicted molar refractivity (Wildman–Crippen MR) is 130 cm³/mol. The third-order valence-electron chi connectivity index (χ3n) is 5.82. The molecule has 0 radical (unpaired) electrons. The Morgan fingerprint density at radius 1 is 1.06 bits per heavy atom. The summed E-state index contributed by atoms with van der Waals surface area (Å²) < 4.78 is 18.9. The van der Waals surface area contributed by atoms with Crippen LogP contribution in [0.1, 0.15) is 29.2 Å². The summed E-state index contributed by atoms with van der Waals surface area (Å²) >= 11 is 5.85. The van der Waals surface area contributed by atoms with Crippen molar-refractivity contribution in [2.45, 2.75) is 18.6 Å². The smallest absolute Gasteiger partial charge is 0.174 e. The van der Waals surface area contributed by atoms with Crippen LogP contribution >= 0.6 is 12.2 Å². The maximum Gasteiger partial charge on any atom is 0.174 e. The lowest BCUT2D eigenvalue weighted by molar-refractivity contribution is 0.394. The predicted octanol–water partition coefficient (Wildman–Crippen LogP) is 4.72. The van der Waals surface area contributed by atoms with Gasteiger partial charge >= 0.3 is 0 Å². The van der Waals surface area contributed by atoms with Crippen LogP contribution in [-0.2, 0) is 6.54 Å². The Morgan fingerprint density at radius 2 is 1.97 bits per heavy atom. The lowest BCUT2D eigenvalue weighted by atomic mass is 10.0. The van der Waals surface area contributed by atoms with Gasteiger partial charge in [0.05, 0.1) is 44.5 Å². The topological polar surface area (TPSA) is 64.7 Å². The third-order valence-corrected chi connectivity index (χ3v) is 6.13. The van der Waals surface area contributed by atoms with Crippen molar-refractivity contribution >= 4 is 23.0 Å². The lowest BCUT2D eigenvalue weighted by Crippen LogP contribution is -2.30. The number of thiocarbonyl (C=S) groups is 1. The molecule has 8 heteroatoms. The van der Waals surface area contributed by atoms with Crippen LogP contribution in [0.25, 0.3) is 0 Å². The van der Waals surface area contributed by atoms with Gasteiger partial charge in [0.15, 0.2) is 5.11 Å². The average molecular weight is 461 g/mol. The Morgan fingerprint density at radius 3 is 2.70 bits per heavy atom. The number of furan rings is 1. The minimum absolute atomic E-state index is 0.157. The molecule has 0 spiro atoms. The van der Waals surface area contributed by atoms with Gasteiger partial charge in [-0.2, -0.15) is 0 Å². The van der Waals surface area contributed by atoms with Gasteiger partial charge in [0.1, 0.15) is 23.3 Å². The first-order chi connectivity index (χ1) is 16.2. The average Bonchev–Trinajstić information content (AvgIpc) is 3.60. The second-order valence-corrected chi connectivity index (χ2v) is 8.06. The zero-order valence-electron chi connectivity index (χ0n) is 18.3. The van der Waals surface area contributed by atoms with Crippen LogP contribution in [0.4, 0.5) is 5.69 Å². The van der Waals surface area contributed by atoms with Crippen molar-refractivity contribution in [3.63, 3.8) is 0 Å². The molecule has 1 N–H and O–H groups in total. The fraction of sp³-hybridized carbons (Fsp3) is 0.200. The largest absolute Gasteiger partial charge is 0.497 e. The fourth-order valence-corrected chi connectivity index (χ4v) is 4.65. The Hall–Kier alpha value is -3.78. The zero-order chi connectivity index (χ0) is 22.8. The molecule has 1 saturated heterocycles. The van der Waals surface area contributed by atoms with Crippen molar-refractivity contribution < 1.29 is 13.9 Å². The number of benzene rings is 1. The van der Waals surface area contributed by atoms with Crippen LogP contribution < -0.4 is 19.7 Å². The van der Waals surface area contributed by atoms with Crippen molar-refractivity contribution in [2.24, 2.45) is 0 Å². The highest BCUT2D eigenvalue weighted by Gasteiger charge is 2.43. The van der Waals surface area contributed by atoms with E-state index in [4.69, 9.17) is 26.1 Å². The highest BCUT2D eigenvalue weighted by Crippen LogP contribution is 2.45. The molecule has 4 aromatic rings. The first kappa shape index (κ1) is 21.1. The number of hydrogen-bond acceptors (Lipinski definition) is 5. The molecule has 2 atom stereocenters. The van der Waals surface area contributed by atoms with Crippen LogP contribution in [0.15, 0.2) is 83.7 Å². The van der Waals surface area contributed by atoms with Crippen molar-refractivity contribution in [3.8, 4) is 11.5 Å². The monoisotopic (exact) mass is 460 g/mol. The van der Waals surface area contributed by atoms with Gasteiger partial charge in [0.2, 0.25) is 0 Å². The van der Waals surface area contributed by atoms with Crippen molar-refractivity contribution in [1.82, 2.24) is 14.9 Å². The van der Waals surface area contributed by atoms with Crippen LogP contribution in [-0.4, -0.2) is 28.9 Å². The molecular weight excluding hydrogens is 436 g/mol. The second kappa shape index (κ2) is 8.99. The highest BCUT2D eigenvalue weighted by molar-refractivity contribution is 7.80. The van der Waals surface area contributed by atoms with Crippen LogP contribution in [0.5, 0.6) is 11.5 Å². The molecule has 33 heavy (non-hydrogen) atoms. The maximum atomic E-state index is 5.85. The number of ether oxygens (including phenoxy) is 2. The minimum Gasteiger partial charge on any atom is -0.497 e. The molecule has 0 unspecified atom stereocenters. The Balaban J connectivity index is 1.63. The van der Waals surface area contributed by atoms with Crippen LogP contribution in [0, 0.1) is 0 Å². The summed E-state index contributed by atoms with van der Waals surface area (Å²) in [5, 5.41) is 4.10. The van der Waals surface area contributed by atoms with Crippen molar-refractivity contribution in [3.05, 3.63) is 96.5 Å². The van der Waals surface area contributed by atoms with E-state index in [2.05, 4.69) is 32.0 Å². The van der Waals surface area contributed by atoms with E-state index in [0.717, 1.165) is 22.8 Å². The number of anilines is 1. The van der Waals surface area contributed by atoms with Gasteiger partial charge in [-0.3, -0.25) is 4.98 Å². The molecule has 0 amide bonds. The van der Waals surface area contributed by atoms with Gasteiger partial charge in [-0.05, 0) is 60.7 Å². The molecule has 4 heterocycles. The third kappa shape index (κ3) is 3.93. The number of aromatic nitrogens is 2. The number of nitrogens with zero attached hydrogens (tertiary/aromatic N) is 3. The van der Waals surface area contributed by atoms with Gasteiger partial charge in [0, 0.05) is 24.2 Å². The van der Waals surface area contributed by atoms with Crippen LogP contribution in [0.3, 0.4) is 0 Å². The van der Waals surface area contributed by atoms with Gasteiger partial charge in [-0.15, -0.1) is 0 Å². The summed E-state index contributed by atoms with van der Waals surface area (Å²) in [4.78, 5) is 6.73. The molecule has 0 bridgehead atoms. The van der Waals surface area contributed by atoms with E-state index in [0.29, 0.717) is 23.2 Å². The lowest BCUT2D eigenvalue weighted by Gasteiger charge is -2.30. The molecule has 1 fully saturated rings. The molecular formula is C25H24N4O3S.